The second kappa shape index (κ2) is 12.2. The van der Waals surface area contributed by atoms with Crippen LogP contribution in [0, 0.1) is 13.8 Å². The number of hydrogen-bond donors (Lipinski definition) is 1. The van der Waals surface area contributed by atoms with Crippen LogP contribution >= 0.6 is 0 Å². The van der Waals surface area contributed by atoms with Crippen molar-refractivity contribution < 1.29 is 9.59 Å². The number of nitrogens with zero attached hydrogens (tertiary/aromatic N) is 1. The molecule has 0 aliphatic carbocycles. The molecule has 0 aliphatic heterocycles. The Morgan fingerprint density at radius 2 is 1.35 bits per heavy atom. The fourth-order valence-corrected chi connectivity index (χ4v) is 3.87. The maximum absolute atomic E-state index is 13.7. The molecule has 1 N–H and O–H groups in total. The molecule has 0 spiro atoms. The predicted octanol–water partition coefficient (Wildman–Crippen LogP) is 5.40. The maximum atomic E-state index is 13.7. The van der Waals surface area contributed by atoms with Crippen molar-refractivity contribution in [1.82, 2.24) is 10.2 Å². The Morgan fingerprint density at radius 3 is 1.91 bits per heavy atom. The van der Waals surface area contributed by atoms with Gasteiger partial charge in [0.05, 0.1) is 6.42 Å². The summed E-state index contributed by atoms with van der Waals surface area (Å²) in [5.41, 5.74) is 5.31. The van der Waals surface area contributed by atoms with Gasteiger partial charge in [0.1, 0.15) is 6.04 Å². The van der Waals surface area contributed by atoms with Gasteiger partial charge in [0.25, 0.3) is 0 Å². The zero-order valence-corrected chi connectivity index (χ0v) is 20.8. The normalized spacial score (nSPS) is 12.6. The molecule has 3 aromatic rings. The van der Waals surface area contributed by atoms with E-state index < -0.39 is 6.04 Å². The van der Waals surface area contributed by atoms with E-state index in [4.69, 9.17) is 0 Å². The van der Waals surface area contributed by atoms with E-state index in [2.05, 4.69) is 5.32 Å². The molecule has 2 atom stereocenters. The van der Waals surface area contributed by atoms with Crippen molar-refractivity contribution in [3.8, 4) is 0 Å². The Kier molecular flexibility index (Phi) is 9.03. The number of rotatable bonds is 10. The Labute approximate surface area is 204 Å². The van der Waals surface area contributed by atoms with E-state index >= 15 is 0 Å². The summed E-state index contributed by atoms with van der Waals surface area (Å²) in [6, 6.07) is 25.5. The summed E-state index contributed by atoms with van der Waals surface area (Å²) >= 11 is 0. The minimum Gasteiger partial charge on any atom is -0.352 e. The number of aryl methyl sites for hydroxylation is 2. The van der Waals surface area contributed by atoms with Crippen molar-refractivity contribution in [2.45, 2.75) is 65.6 Å². The predicted molar refractivity (Wildman–Crippen MR) is 138 cm³/mol. The summed E-state index contributed by atoms with van der Waals surface area (Å²) in [5.74, 6) is -0.160. The largest absolute Gasteiger partial charge is 0.352 e. The number of amides is 2. The smallest absolute Gasteiger partial charge is 0.243 e. The summed E-state index contributed by atoms with van der Waals surface area (Å²) in [5, 5.41) is 3.12. The van der Waals surface area contributed by atoms with Crippen LogP contribution < -0.4 is 5.32 Å². The Morgan fingerprint density at radius 1 is 0.794 bits per heavy atom. The Bertz CT molecular complexity index is 1060. The topological polar surface area (TPSA) is 49.4 Å². The van der Waals surface area contributed by atoms with E-state index in [-0.39, 0.29) is 24.3 Å². The second-order valence-corrected chi connectivity index (χ2v) is 9.19. The van der Waals surface area contributed by atoms with Gasteiger partial charge in [0.15, 0.2) is 0 Å². The van der Waals surface area contributed by atoms with E-state index in [1.54, 1.807) is 4.90 Å². The van der Waals surface area contributed by atoms with Gasteiger partial charge in [-0.2, -0.15) is 0 Å². The number of carbonyl (C=O) groups excluding carboxylic acids is 2. The molecule has 178 valence electrons. The van der Waals surface area contributed by atoms with Gasteiger partial charge >= 0.3 is 0 Å². The molecule has 0 saturated heterocycles. The van der Waals surface area contributed by atoms with Crippen LogP contribution in [0.3, 0.4) is 0 Å². The highest BCUT2D eigenvalue weighted by molar-refractivity contribution is 5.89. The molecule has 0 fully saturated rings. The van der Waals surface area contributed by atoms with Crippen molar-refractivity contribution in [3.63, 3.8) is 0 Å². The molecule has 4 heteroatoms. The van der Waals surface area contributed by atoms with E-state index in [9.17, 15) is 9.59 Å². The first-order chi connectivity index (χ1) is 16.4. The van der Waals surface area contributed by atoms with Crippen LogP contribution in [0.1, 0.15) is 48.1 Å². The monoisotopic (exact) mass is 456 g/mol. The highest BCUT2D eigenvalue weighted by Gasteiger charge is 2.31. The lowest BCUT2D eigenvalue weighted by Crippen LogP contribution is -2.52. The average Bonchev–Trinajstić information content (AvgIpc) is 2.84. The van der Waals surface area contributed by atoms with Crippen molar-refractivity contribution in [2.75, 3.05) is 0 Å². The van der Waals surface area contributed by atoms with Gasteiger partial charge in [-0.3, -0.25) is 9.59 Å². The lowest BCUT2D eigenvalue weighted by molar-refractivity contribution is -0.141. The molecule has 0 heterocycles. The maximum Gasteiger partial charge on any atom is 0.243 e. The fraction of sp³-hybridized carbons (Fsp3) is 0.333. The van der Waals surface area contributed by atoms with Crippen LogP contribution in [0.5, 0.6) is 0 Å². The van der Waals surface area contributed by atoms with Crippen LogP contribution in [-0.4, -0.2) is 28.8 Å². The van der Waals surface area contributed by atoms with Crippen LogP contribution in [0.2, 0.25) is 0 Å². The lowest BCUT2D eigenvalue weighted by Gasteiger charge is -2.32. The van der Waals surface area contributed by atoms with E-state index in [0.717, 1.165) is 34.2 Å². The molecular weight excluding hydrogens is 420 g/mol. The SMILES string of the molecule is CC[C@@H](C)NC(=O)[C@@H](Cc1ccccc1)N(Cc1ccc(C)cc1)C(=O)Cc1ccc(C)cc1. The molecule has 0 saturated carbocycles. The van der Waals surface area contributed by atoms with E-state index in [0.29, 0.717) is 13.0 Å². The van der Waals surface area contributed by atoms with Gasteiger partial charge in [-0.05, 0) is 43.9 Å². The lowest BCUT2D eigenvalue weighted by atomic mass is 10.0. The van der Waals surface area contributed by atoms with Crippen LogP contribution in [0.4, 0.5) is 0 Å². The second-order valence-electron chi connectivity index (χ2n) is 9.19. The minimum atomic E-state index is -0.601. The first-order valence-electron chi connectivity index (χ1n) is 12.1. The quantitative estimate of drug-likeness (QED) is 0.444. The summed E-state index contributed by atoms with van der Waals surface area (Å²) in [7, 11) is 0. The molecule has 0 bridgehead atoms. The van der Waals surface area contributed by atoms with Crippen molar-refractivity contribution in [1.29, 1.82) is 0 Å². The fourth-order valence-electron chi connectivity index (χ4n) is 3.87. The summed E-state index contributed by atoms with van der Waals surface area (Å²) in [4.78, 5) is 29.0. The van der Waals surface area contributed by atoms with Crippen LogP contribution in [0.15, 0.2) is 78.9 Å². The van der Waals surface area contributed by atoms with Gasteiger partial charge in [-0.15, -0.1) is 0 Å². The molecule has 0 aliphatic rings. The third-order valence-electron chi connectivity index (χ3n) is 6.22. The minimum absolute atomic E-state index is 0.0409. The molecule has 3 rings (SSSR count). The van der Waals surface area contributed by atoms with Gasteiger partial charge in [0, 0.05) is 19.0 Å². The van der Waals surface area contributed by atoms with Gasteiger partial charge in [0.2, 0.25) is 11.8 Å². The number of hydrogen-bond acceptors (Lipinski definition) is 2. The molecule has 2 amide bonds. The summed E-state index contributed by atoms with van der Waals surface area (Å²) in [6.45, 7) is 8.50. The number of carbonyl (C=O) groups is 2. The van der Waals surface area contributed by atoms with Crippen molar-refractivity contribution >= 4 is 11.8 Å². The number of nitrogens with one attached hydrogen (secondary N) is 1. The van der Waals surface area contributed by atoms with Gasteiger partial charge in [-0.1, -0.05) is 96.9 Å². The average molecular weight is 457 g/mol. The Balaban J connectivity index is 1.95. The van der Waals surface area contributed by atoms with E-state index in [1.165, 1.54) is 0 Å². The van der Waals surface area contributed by atoms with Gasteiger partial charge < -0.3 is 10.2 Å². The molecule has 4 nitrogen and oxygen atoms in total. The molecule has 34 heavy (non-hydrogen) atoms. The van der Waals surface area contributed by atoms with Crippen LogP contribution in [-0.2, 0) is 29.0 Å². The number of benzene rings is 3. The molecule has 0 radical (unpaired) electrons. The van der Waals surface area contributed by atoms with Crippen LogP contribution in [0.25, 0.3) is 0 Å². The molecule has 3 aromatic carbocycles. The first-order valence-corrected chi connectivity index (χ1v) is 12.1. The zero-order valence-electron chi connectivity index (χ0n) is 20.8. The molecule has 0 unspecified atom stereocenters. The van der Waals surface area contributed by atoms with E-state index in [1.807, 2.05) is 107 Å². The highest BCUT2D eigenvalue weighted by Crippen LogP contribution is 2.17. The van der Waals surface area contributed by atoms with Gasteiger partial charge in [-0.25, -0.2) is 0 Å². The molecular formula is C30H36N2O2. The zero-order chi connectivity index (χ0) is 24.5. The summed E-state index contributed by atoms with van der Waals surface area (Å²) < 4.78 is 0. The highest BCUT2D eigenvalue weighted by atomic mass is 16.2. The molecule has 0 aromatic heterocycles. The standard InChI is InChI=1S/C30H36N2O2/c1-5-24(4)31-30(34)28(19-25-9-7-6-8-10-25)32(21-27-17-13-23(3)14-18-27)29(33)20-26-15-11-22(2)12-16-26/h6-18,24,28H,5,19-21H2,1-4H3,(H,31,34)/t24-,28-/m1/s1. The summed E-state index contributed by atoms with van der Waals surface area (Å²) in [6.07, 6.45) is 1.56. The first kappa shape index (κ1) is 25.2. The third kappa shape index (κ3) is 7.31. The van der Waals surface area contributed by atoms with Crippen molar-refractivity contribution in [2.24, 2.45) is 0 Å². The third-order valence-corrected chi connectivity index (χ3v) is 6.22. The van der Waals surface area contributed by atoms with Crippen molar-refractivity contribution in [3.05, 3.63) is 107 Å². The Hall–Kier alpha value is -3.40.